The van der Waals surface area contributed by atoms with Gasteiger partial charge in [0.2, 0.25) is 5.91 Å². The summed E-state index contributed by atoms with van der Waals surface area (Å²) in [6.07, 6.45) is 10.7. The first-order valence-corrected chi connectivity index (χ1v) is 21.1. The van der Waals surface area contributed by atoms with Crippen LogP contribution in [-0.2, 0) is 41.4 Å². The number of halogens is 1. The van der Waals surface area contributed by atoms with Crippen LogP contribution in [0.5, 0.6) is 0 Å². The lowest BCUT2D eigenvalue weighted by atomic mass is 10.0. The molecule has 0 aliphatic carbocycles. The highest BCUT2D eigenvalue weighted by atomic mass is 35.5. The van der Waals surface area contributed by atoms with Gasteiger partial charge in [-0.05, 0) is 81.4 Å². The molecule has 12 nitrogen and oxygen atoms in total. The van der Waals surface area contributed by atoms with Crippen LogP contribution in [0, 0.1) is 0 Å². The molecule has 3 atom stereocenters. The molecule has 5 rings (SSSR count). The molecule has 0 bridgehead atoms. The monoisotopic (exact) mass is 799 g/mol. The molecule has 3 aliphatic rings. The summed E-state index contributed by atoms with van der Waals surface area (Å²) in [4.78, 5) is 40.3. The van der Waals surface area contributed by atoms with E-state index in [1.54, 1.807) is 0 Å². The third-order valence-corrected chi connectivity index (χ3v) is 11.7. The summed E-state index contributed by atoms with van der Waals surface area (Å²) >= 11 is 8.31. The molecule has 0 aromatic heterocycles. The van der Waals surface area contributed by atoms with Crippen LogP contribution >= 0.6 is 23.4 Å². The molecule has 0 spiro atoms. The van der Waals surface area contributed by atoms with Gasteiger partial charge in [-0.2, -0.15) is 11.8 Å². The fourth-order valence-electron chi connectivity index (χ4n) is 7.11. The Morgan fingerprint density at radius 3 is 2.49 bits per heavy atom. The third kappa shape index (κ3) is 14.6. The Kier molecular flexibility index (Phi) is 18.4. The number of benzene rings is 2. The molecule has 2 saturated heterocycles. The number of urea groups is 1. The summed E-state index contributed by atoms with van der Waals surface area (Å²) in [6, 6.07) is 15.3. The second kappa shape index (κ2) is 23.7. The standard InChI is InChI=1S/C41H58ClN5O7S/c1-46(19-6-7-21-47-35-10-3-2-9-31(35)14-15-32-16-17-33(42)29-36(32)47)20-8-13-39(49)54-28-27-53-26-25-52-24-23-51-22-18-43-38(48)12-5-4-11-37-40-34(30-55-37)44-41(50)45-40/h2-3,8-10,13,16-17,29,34,37,40H,4-7,11-12,14-15,18-28,30H2,1H3,(H,43,48)(H2,44,45,50)/b13-8+/t34-,37-,40-/m0/s1. The van der Waals surface area contributed by atoms with Crippen molar-refractivity contribution in [1.29, 1.82) is 0 Å². The van der Waals surface area contributed by atoms with Crippen molar-refractivity contribution in [3.63, 3.8) is 0 Å². The van der Waals surface area contributed by atoms with Crippen molar-refractivity contribution >= 4 is 52.6 Å². The zero-order chi connectivity index (χ0) is 38.7. The van der Waals surface area contributed by atoms with Gasteiger partial charge in [0.1, 0.15) is 6.61 Å². The molecule has 3 N–H and O–H groups in total. The van der Waals surface area contributed by atoms with Crippen LogP contribution in [0.2, 0.25) is 5.02 Å². The average Bonchev–Trinajstić information content (AvgIpc) is 3.69. The van der Waals surface area contributed by atoms with Crippen LogP contribution in [0.3, 0.4) is 0 Å². The zero-order valence-corrected chi connectivity index (χ0v) is 33.7. The Balaban J connectivity index is 0.790. The lowest BCUT2D eigenvalue weighted by Gasteiger charge is -2.27. The first-order chi connectivity index (χ1) is 26.9. The lowest BCUT2D eigenvalue weighted by molar-refractivity contribution is -0.139. The number of likely N-dealkylation sites (N-methyl/N-ethyl adjacent to an activating group) is 1. The average molecular weight is 800 g/mol. The highest BCUT2D eigenvalue weighted by Crippen LogP contribution is 2.37. The van der Waals surface area contributed by atoms with E-state index in [1.807, 2.05) is 23.9 Å². The number of ether oxygens (including phenoxy) is 4. The van der Waals surface area contributed by atoms with Gasteiger partial charge >= 0.3 is 12.0 Å². The lowest BCUT2D eigenvalue weighted by Crippen LogP contribution is -2.36. The SMILES string of the molecule is CN(C/C=C/C(=O)OCCOCCOCCOCCNC(=O)CCCC[C@@H]1SC[C@@H]2NC(=O)N[C@@H]21)CCCCN1c2ccccc2CCc2ccc(Cl)cc21. The van der Waals surface area contributed by atoms with Crippen molar-refractivity contribution in [1.82, 2.24) is 20.9 Å². The molecule has 3 aliphatic heterocycles. The molecule has 0 unspecified atom stereocenters. The number of carbonyl (C=O) groups is 3. The van der Waals surface area contributed by atoms with Crippen molar-refractivity contribution < 1.29 is 33.3 Å². The van der Waals surface area contributed by atoms with Gasteiger partial charge in [0.25, 0.3) is 0 Å². The molecule has 14 heteroatoms. The van der Waals surface area contributed by atoms with Gasteiger partial charge in [0.15, 0.2) is 0 Å². The minimum Gasteiger partial charge on any atom is -0.460 e. The topological polar surface area (TPSA) is 131 Å². The summed E-state index contributed by atoms with van der Waals surface area (Å²) in [5, 5.41) is 10.0. The summed E-state index contributed by atoms with van der Waals surface area (Å²) in [7, 11) is 2.06. The number of hydrogen-bond acceptors (Lipinski definition) is 10. The molecule has 2 aromatic carbocycles. The Morgan fingerprint density at radius 2 is 1.67 bits per heavy atom. The number of anilines is 2. The second-order valence-electron chi connectivity index (χ2n) is 14.1. The van der Waals surface area contributed by atoms with Crippen LogP contribution in [0.4, 0.5) is 16.2 Å². The van der Waals surface area contributed by atoms with Gasteiger partial charge in [0, 0.05) is 59.5 Å². The Bertz CT molecular complexity index is 1550. The van der Waals surface area contributed by atoms with Gasteiger partial charge in [-0.15, -0.1) is 0 Å². The number of fused-ring (bicyclic) bond motifs is 3. The number of thioether (sulfide) groups is 1. The molecular weight excluding hydrogens is 742 g/mol. The molecule has 0 saturated carbocycles. The van der Waals surface area contributed by atoms with Gasteiger partial charge in [-0.3, -0.25) is 4.79 Å². The fourth-order valence-corrected chi connectivity index (χ4v) is 8.82. The van der Waals surface area contributed by atoms with Gasteiger partial charge in [-0.1, -0.05) is 48.4 Å². The molecule has 3 amide bonds. The molecule has 2 aromatic rings. The van der Waals surface area contributed by atoms with Crippen LogP contribution < -0.4 is 20.9 Å². The van der Waals surface area contributed by atoms with E-state index in [1.165, 1.54) is 28.6 Å². The van der Waals surface area contributed by atoms with E-state index in [0.717, 1.165) is 68.8 Å². The normalized spacial score (nSPS) is 18.8. The highest BCUT2D eigenvalue weighted by Gasteiger charge is 2.42. The van der Waals surface area contributed by atoms with Crippen molar-refractivity contribution in [2.24, 2.45) is 0 Å². The number of hydrogen-bond donors (Lipinski definition) is 3. The maximum Gasteiger partial charge on any atom is 0.330 e. The predicted octanol–water partition coefficient (Wildman–Crippen LogP) is 5.28. The third-order valence-electron chi connectivity index (χ3n) is 9.99. The Hall–Kier alpha value is -3.33. The molecule has 0 radical (unpaired) electrons. The second-order valence-corrected chi connectivity index (χ2v) is 15.9. The van der Waals surface area contributed by atoms with Crippen LogP contribution in [0.25, 0.3) is 0 Å². The van der Waals surface area contributed by atoms with E-state index in [2.05, 4.69) is 69.2 Å². The number of aryl methyl sites for hydroxylation is 2. The molecule has 3 heterocycles. The zero-order valence-electron chi connectivity index (χ0n) is 32.1. The largest absolute Gasteiger partial charge is 0.460 e. The van der Waals surface area contributed by atoms with Crippen molar-refractivity contribution in [3.05, 3.63) is 70.8 Å². The number of nitrogens with one attached hydrogen (secondary N) is 3. The minimum absolute atomic E-state index is 0.0329. The molecule has 55 heavy (non-hydrogen) atoms. The van der Waals surface area contributed by atoms with E-state index < -0.39 is 0 Å². The fraction of sp³-hybridized carbons (Fsp3) is 0.585. The Morgan fingerprint density at radius 1 is 0.927 bits per heavy atom. The number of para-hydroxylation sites is 1. The van der Waals surface area contributed by atoms with Crippen molar-refractivity contribution in [3.8, 4) is 0 Å². The number of unbranched alkanes of at least 4 members (excludes halogenated alkanes) is 2. The smallest absolute Gasteiger partial charge is 0.330 e. The van der Waals surface area contributed by atoms with Gasteiger partial charge < -0.3 is 44.7 Å². The molecular formula is C41H58ClN5O7S. The molecule has 302 valence electrons. The maximum absolute atomic E-state index is 12.1. The first-order valence-electron chi connectivity index (χ1n) is 19.7. The van der Waals surface area contributed by atoms with Crippen molar-refractivity contribution in [2.75, 3.05) is 90.1 Å². The van der Waals surface area contributed by atoms with E-state index in [4.69, 9.17) is 30.5 Å². The van der Waals surface area contributed by atoms with E-state index >= 15 is 0 Å². The summed E-state index contributed by atoms with van der Waals surface area (Å²) < 4.78 is 21.8. The summed E-state index contributed by atoms with van der Waals surface area (Å²) in [5.41, 5.74) is 5.18. The predicted molar refractivity (Wildman–Crippen MR) is 219 cm³/mol. The quantitative estimate of drug-likeness (QED) is 0.0528. The number of rotatable bonds is 25. The van der Waals surface area contributed by atoms with Crippen LogP contribution in [0.1, 0.15) is 49.7 Å². The van der Waals surface area contributed by atoms with Gasteiger partial charge in [-0.25, -0.2) is 9.59 Å². The van der Waals surface area contributed by atoms with Crippen LogP contribution in [-0.4, -0.2) is 125 Å². The first kappa shape index (κ1) is 42.8. The highest BCUT2D eigenvalue weighted by molar-refractivity contribution is 8.00. The van der Waals surface area contributed by atoms with Crippen molar-refractivity contribution in [2.45, 2.75) is 68.7 Å². The van der Waals surface area contributed by atoms with E-state index in [0.29, 0.717) is 64.4 Å². The van der Waals surface area contributed by atoms with Crippen LogP contribution in [0.15, 0.2) is 54.6 Å². The van der Waals surface area contributed by atoms with Gasteiger partial charge in [0.05, 0.1) is 51.7 Å². The Labute approximate surface area is 335 Å². The maximum atomic E-state index is 12.1. The molecule has 2 fully saturated rings. The number of carbonyl (C=O) groups excluding carboxylic acids is 3. The number of amides is 3. The number of nitrogens with zero attached hydrogens (tertiary/aromatic N) is 2. The van der Waals surface area contributed by atoms with E-state index in [9.17, 15) is 14.4 Å². The summed E-state index contributed by atoms with van der Waals surface area (Å²) in [5.74, 6) is 0.607. The minimum atomic E-state index is -0.380. The number of esters is 1. The summed E-state index contributed by atoms with van der Waals surface area (Å²) in [6.45, 7) is 5.54. The van der Waals surface area contributed by atoms with E-state index in [-0.39, 0.29) is 36.6 Å².